The van der Waals surface area contributed by atoms with Crippen molar-refractivity contribution in [2.45, 2.75) is 0 Å². The Kier molecular flexibility index (Phi) is 14.8. The SMILES string of the molecule is c1ccc(-c2cccc(-c3cccc(-c4cccc(-c5ccc6c(c5)B5c7ccccc7Oc7cccc(c75)O6)c4)c3)c2)cc1.c1ccc(Oc2cccc(Oc3ccc(-c4cccc(-c5cccc(-c6cccc(-c7ccccc7)c6)c5)c4)cc3)c2)cc1. The topological polar surface area (TPSA) is 36.9 Å². The summed E-state index contributed by atoms with van der Waals surface area (Å²) in [6, 6.07) is 120. The van der Waals surface area contributed by atoms with Crippen molar-refractivity contribution in [1.82, 2.24) is 0 Å². The van der Waals surface area contributed by atoms with Gasteiger partial charge in [0, 0.05) is 11.5 Å². The zero-order valence-corrected chi connectivity index (χ0v) is 48.6. The van der Waals surface area contributed by atoms with Crippen LogP contribution in [0.4, 0.5) is 0 Å². The Morgan fingerprint density at radius 3 is 0.899 bits per heavy atom. The zero-order valence-electron chi connectivity index (χ0n) is 48.6. The third-order valence-electron chi connectivity index (χ3n) is 16.6. The van der Waals surface area contributed by atoms with Gasteiger partial charge in [-0.2, -0.15) is 0 Å². The van der Waals surface area contributed by atoms with Crippen molar-refractivity contribution >= 4 is 23.1 Å². The van der Waals surface area contributed by atoms with Crippen LogP contribution in [0.25, 0.3) is 89.0 Å². The maximum absolute atomic E-state index is 6.43. The van der Waals surface area contributed by atoms with Gasteiger partial charge in [-0.15, -0.1) is 0 Å². The summed E-state index contributed by atoms with van der Waals surface area (Å²) in [7, 11) is 0. The molecule has 5 heteroatoms. The molecule has 0 bridgehead atoms. The third-order valence-corrected chi connectivity index (χ3v) is 16.6. The number of para-hydroxylation sites is 2. The van der Waals surface area contributed by atoms with Gasteiger partial charge in [0.05, 0.1) is 0 Å². The number of benzene rings is 14. The van der Waals surface area contributed by atoms with Crippen LogP contribution in [0.2, 0.25) is 0 Å². The fraction of sp³-hybridized carbons (Fsp3) is 0. The largest absolute Gasteiger partial charge is 0.458 e. The first-order chi connectivity index (χ1) is 44.0. The molecule has 0 N–H and O–H groups in total. The highest BCUT2D eigenvalue weighted by atomic mass is 16.5. The minimum atomic E-state index is 0.0522. The Labute approximate surface area is 519 Å². The molecular weight excluding hydrogens is 1080 g/mol. The summed E-state index contributed by atoms with van der Waals surface area (Å²) in [5.74, 6) is 6.55. The van der Waals surface area contributed by atoms with Crippen molar-refractivity contribution in [3.05, 3.63) is 346 Å². The average molecular weight is 1140 g/mol. The summed E-state index contributed by atoms with van der Waals surface area (Å²) in [5, 5.41) is 0. The summed E-state index contributed by atoms with van der Waals surface area (Å²) in [4.78, 5) is 0. The van der Waals surface area contributed by atoms with Crippen LogP contribution in [0, 0.1) is 0 Å². The normalized spacial score (nSPS) is 11.5. The van der Waals surface area contributed by atoms with Crippen LogP contribution in [0.1, 0.15) is 0 Å². The minimum Gasteiger partial charge on any atom is -0.458 e. The van der Waals surface area contributed by atoms with Crippen molar-refractivity contribution in [1.29, 1.82) is 0 Å². The molecule has 0 saturated heterocycles. The molecule has 0 unspecified atom stereocenters. The van der Waals surface area contributed by atoms with Crippen LogP contribution in [-0.2, 0) is 0 Å². The van der Waals surface area contributed by atoms with E-state index in [2.05, 4.69) is 255 Å². The molecule has 2 aliphatic heterocycles. The van der Waals surface area contributed by atoms with E-state index in [1.165, 1.54) is 77.8 Å². The van der Waals surface area contributed by atoms with E-state index >= 15 is 0 Å². The lowest BCUT2D eigenvalue weighted by molar-refractivity contribution is 0.460. The highest BCUT2D eigenvalue weighted by Gasteiger charge is 2.40. The van der Waals surface area contributed by atoms with Crippen LogP contribution < -0.4 is 35.3 Å². The fourth-order valence-electron chi connectivity index (χ4n) is 12.2. The molecule has 0 atom stereocenters. The maximum atomic E-state index is 6.43. The molecule has 14 aromatic carbocycles. The van der Waals surface area contributed by atoms with Crippen molar-refractivity contribution in [2.75, 3.05) is 0 Å². The second-order valence-corrected chi connectivity index (χ2v) is 22.3. The number of ether oxygens (including phenoxy) is 4. The van der Waals surface area contributed by atoms with Gasteiger partial charge >= 0.3 is 0 Å². The molecule has 2 aliphatic rings. The first kappa shape index (κ1) is 54.0. The number of hydrogen-bond donors (Lipinski definition) is 0. The van der Waals surface area contributed by atoms with E-state index < -0.39 is 0 Å². The molecule has 2 heterocycles. The van der Waals surface area contributed by atoms with Gasteiger partial charge in [0.15, 0.2) is 0 Å². The van der Waals surface area contributed by atoms with Crippen LogP contribution in [0.5, 0.6) is 46.0 Å². The average Bonchev–Trinajstić information content (AvgIpc) is 0.868. The molecule has 0 spiro atoms. The monoisotopic (exact) mass is 1140 g/mol. The van der Waals surface area contributed by atoms with E-state index in [0.717, 1.165) is 73.6 Å². The van der Waals surface area contributed by atoms with Gasteiger partial charge in [0.1, 0.15) is 46.0 Å². The highest BCUT2D eigenvalue weighted by molar-refractivity contribution is 6.98. The molecule has 0 aromatic heterocycles. The second kappa shape index (κ2) is 24.4. The molecule has 0 amide bonds. The lowest BCUT2D eigenvalue weighted by Gasteiger charge is -2.33. The zero-order chi connectivity index (χ0) is 59.3. The van der Waals surface area contributed by atoms with Gasteiger partial charge in [0.2, 0.25) is 0 Å². The molecule has 14 aromatic rings. The Morgan fingerprint density at radius 2 is 0.461 bits per heavy atom. The molecule has 89 heavy (non-hydrogen) atoms. The Balaban J connectivity index is 0.000000149. The number of hydrogen-bond acceptors (Lipinski definition) is 4. The first-order valence-corrected chi connectivity index (χ1v) is 30.1. The van der Waals surface area contributed by atoms with Crippen molar-refractivity contribution < 1.29 is 18.9 Å². The van der Waals surface area contributed by atoms with Gasteiger partial charge in [-0.25, -0.2) is 0 Å². The van der Waals surface area contributed by atoms with Gasteiger partial charge in [-0.1, -0.05) is 243 Å². The molecule has 0 radical (unpaired) electrons. The second-order valence-electron chi connectivity index (χ2n) is 22.3. The van der Waals surface area contributed by atoms with Crippen molar-refractivity contribution in [2.24, 2.45) is 0 Å². The van der Waals surface area contributed by atoms with Gasteiger partial charge in [-0.05, 0) is 197 Å². The van der Waals surface area contributed by atoms with Gasteiger partial charge < -0.3 is 18.9 Å². The van der Waals surface area contributed by atoms with E-state index in [1.807, 2.05) is 91.0 Å². The van der Waals surface area contributed by atoms with Crippen molar-refractivity contribution in [3.8, 4) is 135 Å². The molecule has 16 rings (SSSR count). The van der Waals surface area contributed by atoms with Gasteiger partial charge in [0.25, 0.3) is 6.71 Å². The number of fused-ring (bicyclic) bond motifs is 4. The minimum absolute atomic E-state index is 0.0522. The Bertz CT molecular complexity index is 4840. The standard InChI is InChI=1S/C42H27BO2.C42H30O2/c1-2-10-28(11-3-1)29-12-6-13-30(24-29)31-14-7-15-32(25-31)33-16-8-17-34(26-33)35-22-23-39-37(27-35)43-36-18-4-5-19-38(36)44-40-20-9-21-41(45-39)42(40)43;1-3-11-31(12-4-1)33-13-7-15-35(27-33)37-17-9-18-38(29-37)36-16-8-14-34(28-36)32-23-25-40(26-24-32)44-42-22-10-21-41(30-42)43-39-19-5-2-6-20-39/h1-27H;1-30H. The predicted octanol–water partition coefficient (Wildman–Crippen LogP) is 21.0. The summed E-state index contributed by atoms with van der Waals surface area (Å²) in [6.45, 7) is 0.0522. The van der Waals surface area contributed by atoms with E-state index in [0.29, 0.717) is 0 Å². The van der Waals surface area contributed by atoms with Crippen LogP contribution in [0.3, 0.4) is 0 Å². The highest BCUT2D eigenvalue weighted by Crippen LogP contribution is 2.39. The quantitative estimate of drug-likeness (QED) is 0.114. The predicted molar refractivity (Wildman–Crippen MR) is 367 cm³/mol. The molecule has 420 valence electrons. The van der Waals surface area contributed by atoms with E-state index in [-0.39, 0.29) is 6.71 Å². The summed E-state index contributed by atoms with van der Waals surface area (Å²) < 4.78 is 24.9. The Morgan fingerprint density at radius 1 is 0.180 bits per heavy atom. The first-order valence-electron chi connectivity index (χ1n) is 30.1. The van der Waals surface area contributed by atoms with Crippen molar-refractivity contribution in [3.63, 3.8) is 0 Å². The molecule has 0 saturated carbocycles. The maximum Gasteiger partial charge on any atom is 0.260 e. The Hall–Kier alpha value is -11.7. The van der Waals surface area contributed by atoms with E-state index in [9.17, 15) is 0 Å². The third kappa shape index (κ3) is 11.6. The van der Waals surface area contributed by atoms with E-state index in [1.54, 1.807) is 0 Å². The molecule has 0 aliphatic carbocycles. The lowest BCUT2D eigenvalue weighted by atomic mass is 9.35. The lowest BCUT2D eigenvalue weighted by Crippen LogP contribution is -2.57. The summed E-state index contributed by atoms with van der Waals surface area (Å²) in [5.41, 5.74) is 22.5. The van der Waals surface area contributed by atoms with Crippen LogP contribution in [0.15, 0.2) is 346 Å². The smallest absolute Gasteiger partial charge is 0.260 e. The summed E-state index contributed by atoms with van der Waals surface area (Å²) in [6.07, 6.45) is 0. The molecule has 0 fully saturated rings. The van der Waals surface area contributed by atoms with E-state index in [4.69, 9.17) is 18.9 Å². The van der Waals surface area contributed by atoms with Crippen LogP contribution >= 0.6 is 0 Å². The molecular formula is C84H57BO4. The number of rotatable bonds is 12. The van der Waals surface area contributed by atoms with Gasteiger partial charge in [-0.3, -0.25) is 0 Å². The fourth-order valence-corrected chi connectivity index (χ4v) is 12.2. The summed E-state index contributed by atoms with van der Waals surface area (Å²) >= 11 is 0. The van der Waals surface area contributed by atoms with Crippen LogP contribution in [-0.4, -0.2) is 6.71 Å². The molecule has 4 nitrogen and oxygen atoms in total.